The topological polar surface area (TPSA) is 30.3 Å². The van der Waals surface area contributed by atoms with E-state index in [2.05, 4.69) is 15.9 Å². The third kappa shape index (κ3) is 5.30. The molecule has 0 aliphatic carbocycles. The van der Waals surface area contributed by atoms with Crippen molar-refractivity contribution in [1.29, 1.82) is 5.26 Å². The van der Waals surface area contributed by atoms with E-state index >= 15 is 0 Å². The molecule has 0 radical (unpaired) electrons. The predicted octanol–water partition coefficient (Wildman–Crippen LogP) is 3.61. The van der Waals surface area contributed by atoms with Crippen molar-refractivity contribution in [2.24, 2.45) is 0 Å². The summed E-state index contributed by atoms with van der Waals surface area (Å²) in [6.45, 7) is 6.12. The molecule has 130 valence electrons. The van der Waals surface area contributed by atoms with E-state index in [1.54, 1.807) is 17.8 Å². The van der Waals surface area contributed by atoms with E-state index in [9.17, 15) is 4.39 Å². The molecule has 1 saturated heterocycles. The lowest BCUT2D eigenvalue weighted by Gasteiger charge is -2.34. The predicted molar refractivity (Wildman–Crippen MR) is 100.0 cm³/mol. The number of nitrogens with zero attached hydrogens (tertiary/aromatic N) is 3. The number of benzene rings is 2. The Morgan fingerprint density at radius 1 is 0.960 bits per heavy atom. The van der Waals surface area contributed by atoms with Crippen molar-refractivity contribution < 1.29 is 4.39 Å². The molecule has 0 N–H and O–H groups in total. The number of nitriles is 1. The molecule has 1 fully saturated rings. The van der Waals surface area contributed by atoms with E-state index in [-0.39, 0.29) is 5.82 Å². The maximum absolute atomic E-state index is 13.6. The summed E-state index contributed by atoms with van der Waals surface area (Å²) in [6, 6.07) is 17.0. The van der Waals surface area contributed by atoms with Gasteiger partial charge in [0, 0.05) is 49.9 Å². The Labute approximate surface area is 153 Å². The molecule has 0 bridgehead atoms. The maximum Gasteiger partial charge on any atom is 0.136 e. The van der Waals surface area contributed by atoms with Gasteiger partial charge in [0.05, 0.1) is 11.6 Å². The molecule has 1 heterocycles. The second-order valence-electron chi connectivity index (χ2n) is 6.21. The highest BCUT2D eigenvalue weighted by molar-refractivity contribution is 7.99. The highest BCUT2D eigenvalue weighted by atomic mass is 32.2. The molecule has 2 aromatic carbocycles. The number of hydrogen-bond acceptors (Lipinski definition) is 4. The zero-order chi connectivity index (χ0) is 17.5. The summed E-state index contributed by atoms with van der Waals surface area (Å²) < 4.78 is 13.6. The van der Waals surface area contributed by atoms with Crippen molar-refractivity contribution in [2.45, 2.75) is 11.4 Å². The Hall–Kier alpha value is -1.87. The molecule has 0 spiro atoms. The SMILES string of the molecule is N#Cc1ccc(CN2CCN(CCSc3ccccc3F)CC2)cc1. The third-order valence-corrected chi connectivity index (χ3v) is 5.48. The summed E-state index contributed by atoms with van der Waals surface area (Å²) in [4.78, 5) is 5.63. The van der Waals surface area contributed by atoms with E-state index in [1.807, 2.05) is 36.4 Å². The Balaban J connectivity index is 1.38. The Bertz CT molecular complexity index is 718. The molecule has 1 aliphatic heterocycles. The lowest BCUT2D eigenvalue weighted by Crippen LogP contribution is -2.46. The van der Waals surface area contributed by atoms with Crippen molar-refractivity contribution in [3.8, 4) is 6.07 Å². The molecule has 0 saturated carbocycles. The highest BCUT2D eigenvalue weighted by Crippen LogP contribution is 2.21. The van der Waals surface area contributed by atoms with Crippen molar-refractivity contribution in [1.82, 2.24) is 9.80 Å². The van der Waals surface area contributed by atoms with Gasteiger partial charge in [0.1, 0.15) is 5.82 Å². The summed E-state index contributed by atoms with van der Waals surface area (Å²) in [6.07, 6.45) is 0. The lowest BCUT2D eigenvalue weighted by molar-refractivity contribution is 0.133. The molecule has 2 aromatic rings. The molecular weight excluding hydrogens is 333 g/mol. The smallest absolute Gasteiger partial charge is 0.136 e. The van der Waals surface area contributed by atoms with Crippen LogP contribution in [-0.4, -0.2) is 48.3 Å². The van der Waals surface area contributed by atoms with Crippen LogP contribution in [0.4, 0.5) is 4.39 Å². The molecule has 25 heavy (non-hydrogen) atoms. The minimum atomic E-state index is -0.125. The lowest BCUT2D eigenvalue weighted by atomic mass is 10.1. The van der Waals surface area contributed by atoms with Gasteiger partial charge in [0.25, 0.3) is 0 Å². The number of hydrogen-bond donors (Lipinski definition) is 0. The number of piperazine rings is 1. The zero-order valence-corrected chi connectivity index (χ0v) is 15.0. The first-order chi connectivity index (χ1) is 12.2. The first kappa shape index (κ1) is 17.9. The van der Waals surface area contributed by atoms with Gasteiger partial charge >= 0.3 is 0 Å². The van der Waals surface area contributed by atoms with Gasteiger partial charge in [-0.15, -0.1) is 11.8 Å². The van der Waals surface area contributed by atoms with Crippen molar-refractivity contribution in [2.75, 3.05) is 38.5 Å². The first-order valence-electron chi connectivity index (χ1n) is 8.56. The van der Waals surface area contributed by atoms with Gasteiger partial charge < -0.3 is 0 Å². The van der Waals surface area contributed by atoms with Crippen LogP contribution in [0.5, 0.6) is 0 Å². The van der Waals surface area contributed by atoms with Crippen molar-refractivity contribution >= 4 is 11.8 Å². The molecule has 3 nitrogen and oxygen atoms in total. The van der Waals surface area contributed by atoms with Gasteiger partial charge in [0.2, 0.25) is 0 Å². The summed E-state index contributed by atoms with van der Waals surface area (Å²) >= 11 is 1.59. The summed E-state index contributed by atoms with van der Waals surface area (Å²) in [5.41, 5.74) is 1.96. The second-order valence-corrected chi connectivity index (χ2v) is 7.34. The van der Waals surface area contributed by atoms with Gasteiger partial charge in [-0.3, -0.25) is 9.80 Å². The quantitative estimate of drug-likeness (QED) is 0.741. The van der Waals surface area contributed by atoms with Crippen LogP contribution >= 0.6 is 11.8 Å². The van der Waals surface area contributed by atoms with Gasteiger partial charge in [-0.25, -0.2) is 4.39 Å². The fourth-order valence-corrected chi connectivity index (χ4v) is 3.91. The maximum atomic E-state index is 13.6. The van der Waals surface area contributed by atoms with E-state index in [1.165, 1.54) is 11.6 Å². The van der Waals surface area contributed by atoms with Crippen LogP contribution < -0.4 is 0 Å². The van der Waals surface area contributed by atoms with Crippen LogP contribution in [0.15, 0.2) is 53.4 Å². The van der Waals surface area contributed by atoms with Gasteiger partial charge in [-0.1, -0.05) is 24.3 Å². The fraction of sp³-hybridized carbons (Fsp3) is 0.350. The van der Waals surface area contributed by atoms with Crippen LogP contribution in [0.3, 0.4) is 0 Å². The number of halogens is 1. The normalized spacial score (nSPS) is 15.8. The van der Waals surface area contributed by atoms with E-state index in [0.29, 0.717) is 5.56 Å². The van der Waals surface area contributed by atoms with Crippen LogP contribution in [0, 0.1) is 17.1 Å². The largest absolute Gasteiger partial charge is 0.300 e. The number of thioether (sulfide) groups is 1. The Morgan fingerprint density at radius 2 is 1.64 bits per heavy atom. The summed E-state index contributed by atoms with van der Waals surface area (Å²) in [5, 5.41) is 8.85. The van der Waals surface area contributed by atoms with Crippen LogP contribution in [0.25, 0.3) is 0 Å². The van der Waals surface area contributed by atoms with E-state index in [4.69, 9.17) is 5.26 Å². The Morgan fingerprint density at radius 3 is 2.32 bits per heavy atom. The molecule has 0 amide bonds. The second kappa shape index (κ2) is 9.00. The molecule has 5 heteroatoms. The van der Waals surface area contributed by atoms with Gasteiger partial charge in [-0.2, -0.15) is 5.26 Å². The fourth-order valence-electron chi connectivity index (χ4n) is 2.96. The molecule has 0 unspecified atom stereocenters. The molecule has 1 aliphatic rings. The monoisotopic (exact) mass is 355 g/mol. The average Bonchev–Trinajstić information content (AvgIpc) is 2.65. The van der Waals surface area contributed by atoms with Gasteiger partial charge in [0.15, 0.2) is 0 Å². The average molecular weight is 355 g/mol. The summed E-state index contributed by atoms with van der Waals surface area (Å²) in [7, 11) is 0. The molecule has 0 aromatic heterocycles. The highest BCUT2D eigenvalue weighted by Gasteiger charge is 2.16. The Kier molecular flexibility index (Phi) is 6.46. The van der Waals surface area contributed by atoms with Gasteiger partial charge in [-0.05, 0) is 29.8 Å². The van der Waals surface area contributed by atoms with Crippen LogP contribution in [0.1, 0.15) is 11.1 Å². The van der Waals surface area contributed by atoms with E-state index < -0.39 is 0 Å². The summed E-state index contributed by atoms with van der Waals surface area (Å²) in [5.74, 6) is 0.788. The van der Waals surface area contributed by atoms with E-state index in [0.717, 1.165) is 49.9 Å². The molecular formula is C20H22FN3S. The van der Waals surface area contributed by atoms with Crippen molar-refractivity contribution in [3.05, 3.63) is 65.5 Å². The molecule has 3 rings (SSSR count). The first-order valence-corrected chi connectivity index (χ1v) is 9.54. The molecule has 0 atom stereocenters. The minimum Gasteiger partial charge on any atom is -0.300 e. The van der Waals surface area contributed by atoms with Crippen LogP contribution in [-0.2, 0) is 6.54 Å². The van der Waals surface area contributed by atoms with Crippen LogP contribution in [0.2, 0.25) is 0 Å². The standard InChI is InChI=1S/C20H22FN3S/c21-19-3-1-2-4-20(19)25-14-13-23-9-11-24(12-10-23)16-18-7-5-17(15-22)6-8-18/h1-8H,9-14,16H2. The third-order valence-electron chi connectivity index (χ3n) is 4.46. The van der Waals surface area contributed by atoms with Crippen molar-refractivity contribution in [3.63, 3.8) is 0 Å². The zero-order valence-electron chi connectivity index (χ0n) is 14.2. The number of rotatable bonds is 6. The minimum absolute atomic E-state index is 0.125.